The van der Waals surface area contributed by atoms with E-state index in [9.17, 15) is 9.59 Å². The summed E-state index contributed by atoms with van der Waals surface area (Å²) in [5.41, 5.74) is 0. The highest BCUT2D eigenvalue weighted by molar-refractivity contribution is 5.78. The molecule has 0 heterocycles. The van der Waals surface area contributed by atoms with Crippen LogP contribution in [-0.2, 0) is 9.59 Å². The number of carbonyl (C=O) groups is 2. The first kappa shape index (κ1) is 15.6. The van der Waals surface area contributed by atoms with E-state index in [2.05, 4.69) is 6.58 Å². The molecule has 3 heteroatoms. The van der Waals surface area contributed by atoms with E-state index >= 15 is 0 Å². The topological polar surface area (TPSA) is 54.4 Å². The third kappa shape index (κ3) is 12.6. The summed E-state index contributed by atoms with van der Waals surface area (Å²) in [6.45, 7) is 3.57. The Morgan fingerprint density at radius 2 is 1.65 bits per heavy atom. The van der Waals surface area contributed by atoms with Crippen molar-refractivity contribution in [3.8, 4) is 0 Å². The average molecular weight is 238 g/mol. The summed E-state index contributed by atoms with van der Waals surface area (Å²) in [5.74, 6) is -0.474. The monoisotopic (exact) mass is 238 g/mol. The van der Waals surface area contributed by atoms with Gasteiger partial charge in [0.15, 0.2) is 0 Å². The smallest absolute Gasteiger partial charge is 0.303 e. The number of ketones is 1. The molecule has 0 rings (SSSR count). The number of unbranched alkanes of at least 4 members (excludes halogenated alkanes) is 3. The van der Waals surface area contributed by atoms with Gasteiger partial charge in [0, 0.05) is 19.3 Å². The molecule has 0 radical (unpaired) electrons. The van der Waals surface area contributed by atoms with Crippen molar-refractivity contribution in [2.75, 3.05) is 0 Å². The molecule has 0 aromatic heterocycles. The molecule has 0 aromatic rings. The summed E-state index contributed by atoms with van der Waals surface area (Å²) in [5, 5.41) is 8.43. The highest BCUT2D eigenvalue weighted by atomic mass is 16.4. The summed E-state index contributed by atoms with van der Waals surface area (Å²) >= 11 is 0. The summed E-state index contributed by atoms with van der Waals surface area (Å²) < 4.78 is 0. The molecule has 0 aromatic carbocycles. The Kier molecular flexibility index (Phi) is 10.2. The molecule has 17 heavy (non-hydrogen) atoms. The van der Waals surface area contributed by atoms with E-state index in [1.807, 2.05) is 12.2 Å². The first-order chi connectivity index (χ1) is 8.16. The van der Waals surface area contributed by atoms with Gasteiger partial charge in [0.05, 0.1) is 0 Å². The van der Waals surface area contributed by atoms with Crippen molar-refractivity contribution in [1.29, 1.82) is 0 Å². The molecule has 96 valence electrons. The maximum Gasteiger partial charge on any atom is 0.303 e. The number of hydrogen-bond acceptors (Lipinski definition) is 2. The number of carbonyl (C=O) groups excluding carboxylic acids is 1. The van der Waals surface area contributed by atoms with Crippen LogP contribution in [0.1, 0.15) is 51.4 Å². The predicted molar refractivity (Wildman–Crippen MR) is 68.9 cm³/mol. The van der Waals surface area contributed by atoms with Crippen LogP contribution in [0.2, 0.25) is 0 Å². The van der Waals surface area contributed by atoms with Gasteiger partial charge < -0.3 is 5.11 Å². The molecular weight excluding hydrogens is 216 g/mol. The van der Waals surface area contributed by atoms with Gasteiger partial charge >= 0.3 is 5.97 Å². The van der Waals surface area contributed by atoms with Crippen molar-refractivity contribution in [3.63, 3.8) is 0 Å². The van der Waals surface area contributed by atoms with Crippen molar-refractivity contribution >= 4 is 11.8 Å². The van der Waals surface area contributed by atoms with Crippen molar-refractivity contribution in [2.45, 2.75) is 51.4 Å². The van der Waals surface area contributed by atoms with Gasteiger partial charge in [0.1, 0.15) is 5.78 Å². The highest BCUT2D eigenvalue weighted by Gasteiger charge is 2.02. The van der Waals surface area contributed by atoms with Gasteiger partial charge in [-0.25, -0.2) is 0 Å². The quantitative estimate of drug-likeness (QED) is 0.442. The lowest BCUT2D eigenvalue weighted by Crippen LogP contribution is -1.98. The van der Waals surface area contributed by atoms with Crippen molar-refractivity contribution in [1.82, 2.24) is 0 Å². The van der Waals surface area contributed by atoms with Crippen LogP contribution in [-0.4, -0.2) is 16.9 Å². The Morgan fingerprint density at radius 1 is 1.00 bits per heavy atom. The molecular formula is C14H22O3. The minimum atomic E-state index is -0.759. The second kappa shape index (κ2) is 11.1. The van der Waals surface area contributed by atoms with Crippen molar-refractivity contribution < 1.29 is 14.7 Å². The van der Waals surface area contributed by atoms with E-state index in [-0.39, 0.29) is 12.2 Å². The van der Waals surface area contributed by atoms with Gasteiger partial charge in [-0.15, -0.1) is 0 Å². The van der Waals surface area contributed by atoms with Crippen LogP contribution < -0.4 is 0 Å². The van der Waals surface area contributed by atoms with Crippen LogP contribution in [0.15, 0.2) is 24.8 Å². The lowest BCUT2D eigenvalue weighted by atomic mass is 10.1. The standard InChI is InChI=1S/C14H22O3/c1-2-3-4-5-7-10-13(15)11-8-6-9-12-14(16)17/h2-4H,1,5-12H2,(H,16,17)/b4-3+. The molecule has 0 saturated heterocycles. The fraction of sp³-hybridized carbons (Fsp3) is 0.571. The van der Waals surface area contributed by atoms with Gasteiger partial charge in [-0.1, -0.05) is 31.2 Å². The summed E-state index contributed by atoms with van der Waals surface area (Å²) in [6.07, 6.45) is 11.2. The molecule has 0 spiro atoms. The fourth-order valence-electron chi connectivity index (χ4n) is 1.51. The Morgan fingerprint density at radius 3 is 2.29 bits per heavy atom. The Balaban J connectivity index is 3.31. The molecule has 0 saturated carbocycles. The lowest BCUT2D eigenvalue weighted by molar-refractivity contribution is -0.137. The molecule has 0 aliphatic heterocycles. The molecule has 0 bridgehead atoms. The third-order valence-corrected chi connectivity index (χ3v) is 2.44. The normalized spacial score (nSPS) is 10.6. The van der Waals surface area contributed by atoms with Crippen LogP contribution in [0.5, 0.6) is 0 Å². The minimum Gasteiger partial charge on any atom is -0.481 e. The molecule has 1 N–H and O–H groups in total. The summed E-state index contributed by atoms with van der Waals surface area (Å²) in [7, 11) is 0. The Hall–Kier alpha value is -1.38. The number of allylic oxidation sites excluding steroid dienone is 3. The van der Waals surface area contributed by atoms with Gasteiger partial charge in [-0.05, 0) is 25.7 Å². The Bertz CT molecular complexity index is 267. The van der Waals surface area contributed by atoms with Crippen molar-refractivity contribution in [3.05, 3.63) is 24.8 Å². The van der Waals surface area contributed by atoms with Crippen LogP contribution in [0.4, 0.5) is 0 Å². The highest BCUT2D eigenvalue weighted by Crippen LogP contribution is 2.07. The number of Topliss-reactive ketones (excluding diaryl/α,β-unsaturated/α-hetero) is 1. The molecule has 0 unspecified atom stereocenters. The van der Waals surface area contributed by atoms with E-state index in [1.165, 1.54) is 0 Å². The predicted octanol–water partition coefficient (Wildman–Crippen LogP) is 3.50. The number of carboxylic acid groups (broad SMARTS) is 1. The zero-order chi connectivity index (χ0) is 12.9. The zero-order valence-corrected chi connectivity index (χ0v) is 10.4. The Labute approximate surface area is 103 Å². The second-order valence-electron chi connectivity index (χ2n) is 4.05. The fourth-order valence-corrected chi connectivity index (χ4v) is 1.51. The van der Waals surface area contributed by atoms with Gasteiger partial charge in [-0.3, -0.25) is 9.59 Å². The summed E-state index contributed by atoms with van der Waals surface area (Å²) in [6, 6.07) is 0. The first-order valence-electron chi connectivity index (χ1n) is 6.18. The van der Waals surface area contributed by atoms with Crippen LogP contribution in [0.3, 0.4) is 0 Å². The summed E-state index contributed by atoms with van der Waals surface area (Å²) in [4.78, 5) is 21.7. The number of aliphatic carboxylic acids is 1. The second-order valence-corrected chi connectivity index (χ2v) is 4.05. The molecule has 0 aliphatic carbocycles. The van der Waals surface area contributed by atoms with Gasteiger partial charge in [0.2, 0.25) is 0 Å². The maximum atomic E-state index is 11.4. The molecule has 3 nitrogen and oxygen atoms in total. The lowest BCUT2D eigenvalue weighted by Gasteiger charge is -1.99. The van der Waals surface area contributed by atoms with E-state index in [0.29, 0.717) is 19.3 Å². The van der Waals surface area contributed by atoms with Crippen LogP contribution in [0.25, 0.3) is 0 Å². The van der Waals surface area contributed by atoms with E-state index in [4.69, 9.17) is 5.11 Å². The molecule has 0 amide bonds. The van der Waals surface area contributed by atoms with E-state index in [1.54, 1.807) is 6.08 Å². The van der Waals surface area contributed by atoms with Crippen LogP contribution in [0, 0.1) is 0 Å². The molecule has 0 aliphatic rings. The third-order valence-electron chi connectivity index (χ3n) is 2.44. The van der Waals surface area contributed by atoms with E-state index < -0.39 is 5.97 Å². The van der Waals surface area contributed by atoms with E-state index in [0.717, 1.165) is 25.7 Å². The number of hydrogen-bond donors (Lipinski definition) is 1. The SMILES string of the molecule is C=C/C=C/CCCC(=O)CCCCCC(=O)O. The number of rotatable bonds is 11. The first-order valence-corrected chi connectivity index (χ1v) is 6.18. The average Bonchev–Trinajstić information content (AvgIpc) is 2.28. The maximum absolute atomic E-state index is 11.4. The van der Waals surface area contributed by atoms with Gasteiger partial charge in [0.25, 0.3) is 0 Å². The van der Waals surface area contributed by atoms with Gasteiger partial charge in [-0.2, -0.15) is 0 Å². The minimum absolute atomic E-state index is 0.209. The van der Waals surface area contributed by atoms with Crippen LogP contribution >= 0.6 is 0 Å². The molecule has 0 atom stereocenters. The van der Waals surface area contributed by atoms with Crippen molar-refractivity contribution in [2.24, 2.45) is 0 Å². The zero-order valence-electron chi connectivity index (χ0n) is 10.4. The molecule has 0 fully saturated rings. The largest absolute Gasteiger partial charge is 0.481 e. The number of carboxylic acids is 1.